The zero-order valence-electron chi connectivity index (χ0n) is 11.2. The SMILES string of the molecule is CCNCc1ccc(S(=O)(=O)NCc2noc(C)n2)o1. The van der Waals surface area contributed by atoms with Crippen LogP contribution in [0, 0.1) is 6.92 Å². The van der Waals surface area contributed by atoms with Crippen LogP contribution in [0.3, 0.4) is 0 Å². The van der Waals surface area contributed by atoms with Gasteiger partial charge in [0.25, 0.3) is 10.0 Å². The summed E-state index contributed by atoms with van der Waals surface area (Å²) >= 11 is 0. The second-order valence-corrected chi connectivity index (χ2v) is 5.75. The quantitative estimate of drug-likeness (QED) is 0.768. The van der Waals surface area contributed by atoms with Gasteiger partial charge in [0.1, 0.15) is 5.76 Å². The summed E-state index contributed by atoms with van der Waals surface area (Å²) in [7, 11) is -3.72. The van der Waals surface area contributed by atoms with Crippen LogP contribution in [-0.4, -0.2) is 25.1 Å². The monoisotopic (exact) mass is 300 g/mol. The molecule has 2 aromatic heterocycles. The third kappa shape index (κ3) is 3.65. The predicted molar refractivity (Wildman–Crippen MR) is 69.1 cm³/mol. The van der Waals surface area contributed by atoms with Crippen LogP contribution in [0.15, 0.2) is 26.2 Å². The molecule has 2 aromatic rings. The molecule has 0 aliphatic heterocycles. The van der Waals surface area contributed by atoms with Gasteiger partial charge in [-0.15, -0.1) is 0 Å². The Morgan fingerprint density at radius 2 is 2.10 bits per heavy atom. The standard InChI is InChI=1S/C11H16N4O4S/c1-3-12-6-9-4-5-11(18-9)20(16,17)13-7-10-14-8(2)19-15-10/h4-5,12-13H,3,6-7H2,1-2H3. The zero-order chi connectivity index (χ0) is 14.6. The van der Waals surface area contributed by atoms with Crippen molar-refractivity contribution in [2.45, 2.75) is 32.0 Å². The van der Waals surface area contributed by atoms with E-state index in [1.807, 2.05) is 6.92 Å². The van der Waals surface area contributed by atoms with E-state index in [0.717, 1.165) is 6.54 Å². The van der Waals surface area contributed by atoms with E-state index in [0.29, 0.717) is 18.2 Å². The van der Waals surface area contributed by atoms with E-state index in [-0.39, 0.29) is 17.5 Å². The van der Waals surface area contributed by atoms with Gasteiger partial charge in [0.15, 0.2) is 5.82 Å². The summed E-state index contributed by atoms with van der Waals surface area (Å²) in [6.07, 6.45) is 0. The minimum absolute atomic E-state index is 0.0527. The first kappa shape index (κ1) is 14.7. The van der Waals surface area contributed by atoms with Crippen molar-refractivity contribution in [3.8, 4) is 0 Å². The van der Waals surface area contributed by atoms with Crippen molar-refractivity contribution in [2.75, 3.05) is 6.54 Å². The largest absolute Gasteiger partial charge is 0.447 e. The highest BCUT2D eigenvalue weighted by molar-refractivity contribution is 7.89. The first-order valence-electron chi connectivity index (χ1n) is 6.09. The van der Waals surface area contributed by atoms with Crippen molar-refractivity contribution in [3.05, 3.63) is 29.6 Å². The van der Waals surface area contributed by atoms with Gasteiger partial charge in [0.05, 0.1) is 13.1 Å². The topological polar surface area (TPSA) is 110 Å². The summed E-state index contributed by atoms with van der Waals surface area (Å²) in [5, 5.41) is 6.52. The van der Waals surface area contributed by atoms with Crippen LogP contribution < -0.4 is 10.0 Å². The van der Waals surface area contributed by atoms with Gasteiger partial charge in [-0.2, -0.15) is 4.98 Å². The summed E-state index contributed by atoms with van der Waals surface area (Å²) in [4.78, 5) is 3.91. The Bertz CT molecular complexity index is 662. The number of hydrogen-bond donors (Lipinski definition) is 2. The zero-order valence-corrected chi connectivity index (χ0v) is 12.0. The summed E-state index contributed by atoms with van der Waals surface area (Å²) < 4.78 is 36.3. The number of nitrogens with one attached hydrogen (secondary N) is 2. The second-order valence-electron chi connectivity index (χ2n) is 4.06. The van der Waals surface area contributed by atoms with Crippen molar-refractivity contribution < 1.29 is 17.4 Å². The molecule has 0 saturated heterocycles. The maximum Gasteiger partial charge on any atom is 0.274 e. The summed E-state index contributed by atoms with van der Waals surface area (Å²) in [5.74, 6) is 1.21. The van der Waals surface area contributed by atoms with Gasteiger partial charge in [0.2, 0.25) is 11.0 Å². The third-order valence-electron chi connectivity index (χ3n) is 2.44. The van der Waals surface area contributed by atoms with E-state index in [1.54, 1.807) is 13.0 Å². The lowest BCUT2D eigenvalue weighted by Crippen LogP contribution is -2.23. The molecule has 0 aromatic carbocycles. The smallest absolute Gasteiger partial charge is 0.274 e. The summed E-state index contributed by atoms with van der Waals surface area (Å²) in [6, 6.07) is 3.03. The molecule has 2 N–H and O–H groups in total. The number of nitrogens with zero attached hydrogens (tertiary/aromatic N) is 2. The van der Waals surface area contributed by atoms with Crippen LogP contribution in [0.5, 0.6) is 0 Å². The number of aromatic nitrogens is 2. The van der Waals surface area contributed by atoms with Gasteiger partial charge in [-0.05, 0) is 18.7 Å². The Morgan fingerprint density at radius 3 is 2.75 bits per heavy atom. The molecule has 2 heterocycles. The fraction of sp³-hybridized carbons (Fsp3) is 0.455. The van der Waals surface area contributed by atoms with Gasteiger partial charge in [-0.3, -0.25) is 0 Å². The van der Waals surface area contributed by atoms with E-state index >= 15 is 0 Å². The van der Waals surface area contributed by atoms with Gasteiger partial charge < -0.3 is 14.3 Å². The Labute approximate surface area is 116 Å². The van der Waals surface area contributed by atoms with Crippen molar-refractivity contribution >= 4 is 10.0 Å². The molecule has 0 fully saturated rings. The molecule has 2 rings (SSSR count). The lowest BCUT2D eigenvalue weighted by Gasteiger charge is -2.01. The minimum Gasteiger partial charge on any atom is -0.447 e. The molecule has 110 valence electrons. The van der Waals surface area contributed by atoms with Gasteiger partial charge in [0, 0.05) is 6.92 Å². The van der Waals surface area contributed by atoms with Crippen LogP contribution in [-0.2, 0) is 23.1 Å². The van der Waals surface area contributed by atoms with Crippen molar-refractivity contribution in [1.82, 2.24) is 20.2 Å². The predicted octanol–water partition coefficient (Wildman–Crippen LogP) is 0.559. The van der Waals surface area contributed by atoms with E-state index in [9.17, 15) is 8.42 Å². The maximum absolute atomic E-state index is 12.0. The Morgan fingerprint density at radius 1 is 1.30 bits per heavy atom. The van der Waals surface area contributed by atoms with Crippen LogP contribution in [0.1, 0.15) is 24.4 Å². The number of sulfonamides is 1. The third-order valence-corrected chi connectivity index (χ3v) is 3.71. The highest BCUT2D eigenvalue weighted by atomic mass is 32.2. The highest BCUT2D eigenvalue weighted by Crippen LogP contribution is 2.14. The molecule has 20 heavy (non-hydrogen) atoms. The molecular weight excluding hydrogens is 284 g/mol. The van der Waals surface area contributed by atoms with Crippen LogP contribution in [0.4, 0.5) is 0 Å². The molecule has 9 heteroatoms. The molecule has 0 bridgehead atoms. The molecule has 8 nitrogen and oxygen atoms in total. The molecule has 0 radical (unpaired) electrons. The number of hydrogen-bond acceptors (Lipinski definition) is 7. The molecule has 0 atom stereocenters. The molecule has 0 aliphatic carbocycles. The Hall–Kier alpha value is -1.71. The van der Waals surface area contributed by atoms with E-state index in [1.165, 1.54) is 6.07 Å². The van der Waals surface area contributed by atoms with E-state index in [4.69, 9.17) is 8.94 Å². The molecule has 0 aliphatic rings. The Balaban J connectivity index is 2.00. The lowest BCUT2D eigenvalue weighted by atomic mass is 10.4. The molecule has 0 saturated carbocycles. The van der Waals surface area contributed by atoms with Crippen molar-refractivity contribution in [1.29, 1.82) is 0 Å². The number of furan rings is 1. The number of rotatable bonds is 7. The van der Waals surface area contributed by atoms with Gasteiger partial charge in [-0.1, -0.05) is 12.1 Å². The second kappa shape index (κ2) is 6.16. The van der Waals surface area contributed by atoms with Crippen LogP contribution >= 0.6 is 0 Å². The maximum atomic E-state index is 12.0. The molecule has 0 unspecified atom stereocenters. The summed E-state index contributed by atoms with van der Waals surface area (Å²) in [5.41, 5.74) is 0. The highest BCUT2D eigenvalue weighted by Gasteiger charge is 2.19. The molecular formula is C11H16N4O4S. The molecule has 0 spiro atoms. The average molecular weight is 300 g/mol. The lowest BCUT2D eigenvalue weighted by molar-refractivity contribution is 0.386. The van der Waals surface area contributed by atoms with Crippen LogP contribution in [0.25, 0.3) is 0 Å². The average Bonchev–Trinajstić information content (AvgIpc) is 3.03. The minimum atomic E-state index is -3.72. The van der Waals surface area contributed by atoms with Gasteiger partial charge in [-0.25, -0.2) is 13.1 Å². The van der Waals surface area contributed by atoms with E-state index in [2.05, 4.69) is 20.2 Å². The fourth-order valence-electron chi connectivity index (χ4n) is 1.49. The normalized spacial score (nSPS) is 11.9. The Kier molecular flexibility index (Phi) is 4.53. The van der Waals surface area contributed by atoms with Crippen molar-refractivity contribution in [2.24, 2.45) is 0 Å². The van der Waals surface area contributed by atoms with Crippen molar-refractivity contribution in [3.63, 3.8) is 0 Å². The number of aryl methyl sites for hydroxylation is 1. The fourth-order valence-corrected chi connectivity index (χ4v) is 2.41. The van der Waals surface area contributed by atoms with Gasteiger partial charge >= 0.3 is 0 Å². The first-order valence-corrected chi connectivity index (χ1v) is 7.58. The van der Waals surface area contributed by atoms with Crippen LogP contribution in [0.2, 0.25) is 0 Å². The summed E-state index contributed by atoms with van der Waals surface area (Å²) in [6.45, 7) is 4.79. The first-order chi connectivity index (χ1) is 9.51. The van der Waals surface area contributed by atoms with E-state index < -0.39 is 10.0 Å². The molecule has 0 amide bonds.